The lowest BCUT2D eigenvalue weighted by Gasteiger charge is -2.14. The molecule has 1 atom stereocenters. The van der Waals surface area contributed by atoms with Crippen LogP contribution in [0.3, 0.4) is 0 Å². The summed E-state index contributed by atoms with van der Waals surface area (Å²) in [7, 11) is 0. The molecule has 0 spiro atoms. The topological polar surface area (TPSA) is 61.4 Å². The van der Waals surface area contributed by atoms with E-state index >= 15 is 0 Å². The molecule has 0 saturated carbocycles. The summed E-state index contributed by atoms with van der Waals surface area (Å²) in [6.45, 7) is 0.123. The standard InChI is InChI=1S/C12H15FN2O2/c13-10-3-1-2-9-8(10)4-5-11(9)15-12(17)14-6-7-16/h1-3,11,16H,4-7H2,(H2,14,15,17). The number of benzene rings is 1. The molecule has 0 radical (unpaired) electrons. The highest BCUT2D eigenvalue weighted by atomic mass is 19.1. The summed E-state index contributed by atoms with van der Waals surface area (Å²) in [5.74, 6) is -0.206. The number of hydrogen-bond donors (Lipinski definition) is 3. The smallest absolute Gasteiger partial charge is 0.315 e. The molecule has 5 heteroatoms. The van der Waals surface area contributed by atoms with E-state index in [4.69, 9.17) is 5.11 Å². The second-order valence-electron chi connectivity index (χ2n) is 4.02. The average molecular weight is 238 g/mol. The molecular weight excluding hydrogens is 223 g/mol. The zero-order chi connectivity index (χ0) is 12.3. The molecule has 1 aliphatic carbocycles. The second-order valence-corrected chi connectivity index (χ2v) is 4.02. The summed E-state index contributed by atoms with van der Waals surface area (Å²) in [4.78, 5) is 11.4. The number of hydrogen-bond acceptors (Lipinski definition) is 2. The Morgan fingerprint density at radius 1 is 1.53 bits per heavy atom. The Kier molecular flexibility index (Phi) is 3.58. The van der Waals surface area contributed by atoms with E-state index in [-0.39, 0.29) is 31.0 Å². The Morgan fingerprint density at radius 2 is 2.35 bits per heavy atom. The molecule has 2 rings (SSSR count). The van der Waals surface area contributed by atoms with E-state index in [9.17, 15) is 9.18 Å². The van der Waals surface area contributed by atoms with E-state index in [1.165, 1.54) is 6.07 Å². The maximum absolute atomic E-state index is 13.4. The Morgan fingerprint density at radius 3 is 3.12 bits per heavy atom. The van der Waals surface area contributed by atoms with E-state index in [2.05, 4.69) is 10.6 Å². The molecule has 1 aliphatic rings. The molecule has 3 N–H and O–H groups in total. The molecule has 92 valence electrons. The number of carbonyl (C=O) groups is 1. The Bertz CT molecular complexity index is 423. The van der Waals surface area contributed by atoms with Gasteiger partial charge in [0.2, 0.25) is 0 Å². The number of carbonyl (C=O) groups excluding carboxylic acids is 1. The maximum Gasteiger partial charge on any atom is 0.315 e. The van der Waals surface area contributed by atoms with E-state index in [0.29, 0.717) is 18.4 Å². The molecule has 0 aromatic heterocycles. The van der Waals surface area contributed by atoms with Gasteiger partial charge < -0.3 is 15.7 Å². The van der Waals surface area contributed by atoms with Crippen LogP contribution in [0.4, 0.5) is 9.18 Å². The molecule has 2 amide bonds. The van der Waals surface area contributed by atoms with Crippen LogP contribution in [-0.4, -0.2) is 24.3 Å². The predicted octanol–water partition coefficient (Wildman–Crippen LogP) is 1.10. The fourth-order valence-corrected chi connectivity index (χ4v) is 2.14. The number of aliphatic hydroxyl groups is 1. The Hall–Kier alpha value is -1.62. The summed E-state index contributed by atoms with van der Waals surface area (Å²) < 4.78 is 13.4. The van der Waals surface area contributed by atoms with Crippen LogP contribution in [-0.2, 0) is 6.42 Å². The van der Waals surface area contributed by atoms with Crippen LogP contribution in [0.5, 0.6) is 0 Å². The third kappa shape index (κ3) is 2.55. The molecule has 0 bridgehead atoms. The molecule has 1 aromatic rings. The molecule has 1 aromatic carbocycles. The molecule has 0 saturated heterocycles. The SMILES string of the molecule is O=C(NCCO)NC1CCc2c(F)cccc21. The van der Waals surface area contributed by atoms with Crippen molar-refractivity contribution in [3.05, 3.63) is 35.1 Å². The van der Waals surface area contributed by atoms with Crippen molar-refractivity contribution in [3.63, 3.8) is 0 Å². The van der Waals surface area contributed by atoms with Gasteiger partial charge in [-0.15, -0.1) is 0 Å². The Labute approximate surface area is 98.8 Å². The number of urea groups is 1. The van der Waals surface area contributed by atoms with Gasteiger partial charge in [0.15, 0.2) is 0 Å². The molecule has 4 nitrogen and oxygen atoms in total. The van der Waals surface area contributed by atoms with Crippen molar-refractivity contribution in [2.45, 2.75) is 18.9 Å². The number of fused-ring (bicyclic) bond motifs is 1. The highest BCUT2D eigenvalue weighted by Crippen LogP contribution is 2.32. The lowest BCUT2D eigenvalue weighted by Crippen LogP contribution is -2.38. The van der Waals surface area contributed by atoms with Crippen LogP contribution in [0.15, 0.2) is 18.2 Å². The van der Waals surface area contributed by atoms with Crippen LogP contribution in [0.2, 0.25) is 0 Å². The third-order valence-electron chi connectivity index (χ3n) is 2.92. The minimum absolute atomic E-state index is 0.0939. The van der Waals surface area contributed by atoms with Crippen LogP contribution in [0, 0.1) is 5.82 Å². The van der Waals surface area contributed by atoms with Gasteiger partial charge in [-0.25, -0.2) is 9.18 Å². The number of nitrogens with one attached hydrogen (secondary N) is 2. The minimum Gasteiger partial charge on any atom is -0.395 e. The fourth-order valence-electron chi connectivity index (χ4n) is 2.14. The van der Waals surface area contributed by atoms with Gasteiger partial charge in [-0.1, -0.05) is 12.1 Å². The normalized spacial score (nSPS) is 17.6. The first kappa shape index (κ1) is 11.9. The van der Waals surface area contributed by atoms with Crippen LogP contribution in [0.1, 0.15) is 23.6 Å². The lowest BCUT2D eigenvalue weighted by atomic mass is 10.1. The summed E-state index contributed by atoms with van der Waals surface area (Å²) in [5, 5.41) is 13.9. The number of halogens is 1. The van der Waals surface area contributed by atoms with Crippen LogP contribution >= 0.6 is 0 Å². The van der Waals surface area contributed by atoms with Gasteiger partial charge in [0.25, 0.3) is 0 Å². The molecule has 1 unspecified atom stereocenters. The van der Waals surface area contributed by atoms with Crippen molar-refractivity contribution in [2.24, 2.45) is 0 Å². The Balaban J connectivity index is 2.02. The van der Waals surface area contributed by atoms with Crippen molar-refractivity contribution in [2.75, 3.05) is 13.2 Å². The predicted molar refractivity (Wildman–Crippen MR) is 61.1 cm³/mol. The summed E-state index contributed by atoms with van der Waals surface area (Å²) >= 11 is 0. The van der Waals surface area contributed by atoms with Gasteiger partial charge in [-0.2, -0.15) is 0 Å². The molecule has 0 aliphatic heterocycles. The molecule has 17 heavy (non-hydrogen) atoms. The van der Waals surface area contributed by atoms with Crippen molar-refractivity contribution in [3.8, 4) is 0 Å². The van der Waals surface area contributed by atoms with Gasteiger partial charge in [0.1, 0.15) is 5.82 Å². The van der Waals surface area contributed by atoms with Gasteiger partial charge in [0.05, 0.1) is 12.6 Å². The van der Waals surface area contributed by atoms with Gasteiger partial charge in [0, 0.05) is 6.54 Å². The highest BCUT2D eigenvalue weighted by molar-refractivity contribution is 5.74. The largest absolute Gasteiger partial charge is 0.395 e. The first-order valence-electron chi connectivity index (χ1n) is 5.65. The first-order valence-corrected chi connectivity index (χ1v) is 5.65. The molecular formula is C12H15FN2O2. The quantitative estimate of drug-likeness (QED) is 0.738. The van der Waals surface area contributed by atoms with Crippen LogP contribution < -0.4 is 10.6 Å². The second kappa shape index (κ2) is 5.14. The van der Waals surface area contributed by atoms with Gasteiger partial charge in [-0.3, -0.25) is 0 Å². The fraction of sp³-hybridized carbons (Fsp3) is 0.417. The molecule has 0 fully saturated rings. The lowest BCUT2D eigenvalue weighted by molar-refractivity contribution is 0.230. The minimum atomic E-state index is -0.332. The van der Waals surface area contributed by atoms with E-state index in [1.54, 1.807) is 6.07 Å². The first-order chi connectivity index (χ1) is 8.22. The summed E-state index contributed by atoms with van der Waals surface area (Å²) in [6.07, 6.45) is 1.36. The zero-order valence-electron chi connectivity index (χ0n) is 9.37. The van der Waals surface area contributed by atoms with Crippen molar-refractivity contribution in [1.29, 1.82) is 0 Å². The van der Waals surface area contributed by atoms with Gasteiger partial charge >= 0.3 is 6.03 Å². The maximum atomic E-state index is 13.4. The van der Waals surface area contributed by atoms with Crippen molar-refractivity contribution in [1.82, 2.24) is 10.6 Å². The van der Waals surface area contributed by atoms with Crippen molar-refractivity contribution >= 4 is 6.03 Å². The summed E-state index contributed by atoms with van der Waals surface area (Å²) in [6, 6.07) is 4.45. The van der Waals surface area contributed by atoms with Gasteiger partial charge in [-0.05, 0) is 30.0 Å². The number of aliphatic hydroxyl groups excluding tert-OH is 1. The number of amides is 2. The molecule has 0 heterocycles. The third-order valence-corrected chi connectivity index (χ3v) is 2.92. The average Bonchev–Trinajstić information content (AvgIpc) is 2.71. The number of rotatable bonds is 3. The van der Waals surface area contributed by atoms with E-state index in [0.717, 1.165) is 5.56 Å². The van der Waals surface area contributed by atoms with Crippen LogP contribution in [0.25, 0.3) is 0 Å². The summed E-state index contributed by atoms with van der Waals surface area (Å²) in [5.41, 5.74) is 1.55. The van der Waals surface area contributed by atoms with E-state index in [1.807, 2.05) is 6.07 Å². The monoisotopic (exact) mass is 238 g/mol. The zero-order valence-corrected chi connectivity index (χ0v) is 9.37. The van der Waals surface area contributed by atoms with Crippen molar-refractivity contribution < 1.29 is 14.3 Å². The van der Waals surface area contributed by atoms with E-state index < -0.39 is 0 Å². The highest BCUT2D eigenvalue weighted by Gasteiger charge is 2.25.